The molecule has 0 spiro atoms. The zero-order chi connectivity index (χ0) is 19.4. The Morgan fingerprint density at radius 1 is 1.15 bits per heavy atom. The summed E-state index contributed by atoms with van der Waals surface area (Å²) in [5.74, 6) is -1.81. The predicted octanol–water partition coefficient (Wildman–Crippen LogP) is 2.10. The summed E-state index contributed by atoms with van der Waals surface area (Å²) >= 11 is 0. The van der Waals surface area contributed by atoms with Gasteiger partial charge in [-0.1, -0.05) is 31.1 Å². The predicted molar refractivity (Wildman–Crippen MR) is 91.7 cm³/mol. The smallest absolute Gasteiger partial charge is 0.266 e. The van der Waals surface area contributed by atoms with Gasteiger partial charge in [-0.2, -0.15) is 4.80 Å². The van der Waals surface area contributed by atoms with E-state index >= 15 is 0 Å². The lowest BCUT2D eigenvalue weighted by Gasteiger charge is -2.21. The highest BCUT2D eigenvalue weighted by atomic mass is 19.3. The van der Waals surface area contributed by atoms with E-state index in [-0.39, 0.29) is 31.5 Å². The molecular formula is C16H20F2N8O. The van der Waals surface area contributed by atoms with Gasteiger partial charge in [0.25, 0.3) is 5.92 Å². The van der Waals surface area contributed by atoms with Crippen LogP contribution in [-0.4, -0.2) is 54.3 Å². The van der Waals surface area contributed by atoms with E-state index in [0.717, 1.165) is 0 Å². The van der Waals surface area contributed by atoms with Crippen LogP contribution in [0.1, 0.15) is 44.4 Å². The summed E-state index contributed by atoms with van der Waals surface area (Å²) in [7, 11) is 0. The third-order valence-electron chi connectivity index (χ3n) is 4.45. The fourth-order valence-corrected chi connectivity index (χ4v) is 2.91. The number of nitrogens with zero attached hydrogens (tertiary/aromatic N) is 8. The molecule has 1 fully saturated rings. The van der Waals surface area contributed by atoms with E-state index in [1.807, 2.05) is 20.8 Å². The van der Waals surface area contributed by atoms with Gasteiger partial charge >= 0.3 is 0 Å². The normalized spacial score (nSPS) is 17.2. The van der Waals surface area contributed by atoms with E-state index < -0.39 is 5.92 Å². The topological polar surface area (TPSA) is 98.6 Å². The van der Waals surface area contributed by atoms with E-state index in [1.54, 1.807) is 11.8 Å². The third-order valence-corrected chi connectivity index (χ3v) is 4.45. The van der Waals surface area contributed by atoms with Gasteiger partial charge in [-0.05, 0) is 6.92 Å². The maximum atomic E-state index is 13.8. The molecule has 1 aliphatic rings. The van der Waals surface area contributed by atoms with E-state index in [2.05, 4.69) is 30.5 Å². The zero-order valence-corrected chi connectivity index (χ0v) is 15.6. The second kappa shape index (κ2) is 5.89. The Morgan fingerprint density at radius 2 is 1.93 bits per heavy atom. The van der Waals surface area contributed by atoms with Crippen LogP contribution in [-0.2, 0) is 12.0 Å². The van der Waals surface area contributed by atoms with E-state index in [4.69, 9.17) is 4.63 Å². The van der Waals surface area contributed by atoms with Gasteiger partial charge in [0.15, 0.2) is 11.3 Å². The highest BCUT2D eigenvalue weighted by Crippen LogP contribution is 2.33. The first-order valence-electron chi connectivity index (χ1n) is 8.66. The van der Waals surface area contributed by atoms with E-state index in [9.17, 15) is 8.78 Å². The number of alkyl halides is 2. The van der Waals surface area contributed by atoms with Crippen LogP contribution in [0.15, 0.2) is 4.63 Å². The molecule has 0 atom stereocenters. The zero-order valence-electron chi connectivity index (χ0n) is 15.6. The molecule has 0 saturated carbocycles. The molecule has 3 aromatic heterocycles. The van der Waals surface area contributed by atoms with Crippen molar-refractivity contribution in [3.63, 3.8) is 0 Å². The first-order valence-corrected chi connectivity index (χ1v) is 8.66. The Labute approximate surface area is 153 Å². The lowest BCUT2D eigenvalue weighted by Crippen LogP contribution is -2.27. The van der Waals surface area contributed by atoms with Gasteiger partial charge < -0.3 is 4.90 Å². The van der Waals surface area contributed by atoms with Gasteiger partial charge in [-0.3, -0.25) is 0 Å². The van der Waals surface area contributed by atoms with Crippen molar-refractivity contribution in [1.29, 1.82) is 0 Å². The van der Waals surface area contributed by atoms with Crippen molar-refractivity contribution in [2.45, 2.75) is 52.0 Å². The summed E-state index contributed by atoms with van der Waals surface area (Å²) in [6, 6.07) is 0. The molecule has 1 saturated heterocycles. The molecule has 0 unspecified atom stereocenters. The summed E-state index contributed by atoms with van der Waals surface area (Å²) in [6.45, 7) is 7.72. The van der Waals surface area contributed by atoms with Crippen LogP contribution in [0.4, 0.5) is 14.6 Å². The molecule has 1 aliphatic heterocycles. The Hall–Kier alpha value is -2.72. The van der Waals surface area contributed by atoms with Crippen LogP contribution in [0.2, 0.25) is 0 Å². The van der Waals surface area contributed by atoms with Crippen molar-refractivity contribution >= 4 is 17.0 Å². The number of anilines is 1. The first-order chi connectivity index (χ1) is 12.6. The van der Waals surface area contributed by atoms with Crippen molar-refractivity contribution in [2.75, 3.05) is 18.0 Å². The lowest BCUT2D eigenvalue weighted by molar-refractivity contribution is 0.0257. The van der Waals surface area contributed by atoms with Crippen molar-refractivity contribution in [2.24, 2.45) is 0 Å². The Bertz CT molecular complexity index is 990. The molecule has 11 heteroatoms. The molecule has 4 heterocycles. The monoisotopic (exact) mass is 378 g/mol. The molecule has 0 radical (unpaired) electrons. The molecule has 0 amide bonds. The minimum atomic E-state index is -2.74. The minimum Gasteiger partial charge on any atom is -0.348 e. The van der Waals surface area contributed by atoms with Crippen LogP contribution in [0.5, 0.6) is 0 Å². The Balaban J connectivity index is 1.80. The maximum Gasteiger partial charge on any atom is 0.266 e. The van der Waals surface area contributed by atoms with Crippen molar-refractivity contribution in [3.8, 4) is 0 Å². The number of rotatable bonds is 3. The number of hydrogen-bond acceptors (Lipinski definition) is 8. The summed E-state index contributed by atoms with van der Waals surface area (Å²) in [4.78, 5) is 12.0. The van der Waals surface area contributed by atoms with E-state index in [1.165, 1.54) is 4.80 Å². The van der Waals surface area contributed by atoms with Gasteiger partial charge in [0, 0.05) is 18.4 Å². The van der Waals surface area contributed by atoms with Crippen LogP contribution >= 0.6 is 0 Å². The van der Waals surface area contributed by atoms with Gasteiger partial charge in [-0.15, -0.1) is 10.2 Å². The first kappa shape index (κ1) is 17.7. The Kier molecular flexibility index (Phi) is 3.86. The minimum absolute atomic E-state index is 0.207. The SMILES string of the molecule is Cc1nonc1Cn1nc2nc(C(C)(C)C)nc(N3CCC(F)(F)C3)c2n1. The molecule has 27 heavy (non-hydrogen) atoms. The quantitative estimate of drug-likeness (QED) is 0.683. The second-order valence-electron chi connectivity index (χ2n) is 7.85. The van der Waals surface area contributed by atoms with Gasteiger partial charge in [-0.25, -0.2) is 23.4 Å². The summed E-state index contributed by atoms with van der Waals surface area (Å²) in [5, 5.41) is 16.4. The van der Waals surface area contributed by atoms with Crippen molar-refractivity contribution in [1.82, 2.24) is 35.3 Å². The number of aryl methyl sites for hydroxylation is 1. The maximum absolute atomic E-state index is 13.8. The lowest BCUT2D eigenvalue weighted by atomic mass is 9.96. The summed E-state index contributed by atoms with van der Waals surface area (Å²) in [5.41, 5.74) is 1.64. The average molecular weight is 378 g/mol. The van der Waals surface area contributed by atoms with Crippen LogP contribution in [0, 0.1) is 6.92 Å². The average Bonchev–Trinajstić information content (AvgIpc) is 3.25. The Morgan fingerprint density at radius 3 is 2.52 bits per heavy atom. The van der Waals surface area contributed by atoms with Crippen LogP contribution in [0.3, 0.4) is 0 Å². The molecule has 0 N–H and O–H groups in total. The molecule has 9 nitrogen and oxygen atoms in total. The third kappa shape index (κ3) is 3.33. The van der Waals surface area contributed by atoms with Crippen molar-refractivity contribution < 1.29 is 13.4 Å². The number of halogens is 2. The van der Waals surface area contributed by atoms with Gasteiger partial charge in [0.05, 0.1) is 6.54 Å². The summed E-state index contributed by atoms with van der Waals surface area (Å²) < 4.78 is 32.2. The van der Waals surface area contributed by atoms with Crippen LogP contribution in [0.25, 0.3) is 11.2 Å². The standard InChI is InChI=1S/C16H20F2N8O/c1-9-10(24-27-23-9)7-26-21-11-12(22-26)19-14(15(2,3)4)20-13(11)25-6-5-16(17,18)8-25/h5-8H2,1-4H3. The molecule has 3 aromatic rings. The number of aromatic nitrogens is 7. The molecule has 4 rings (SSSR count). The van der Waals surface area contributed by atoms with Crippen LogP contribution < -0.4 is 4.90 Å². The second-order valence-corrected chi connectivity index (χ2v) is 7.85. The fraction of sp³-hybridized carbons (Fsp3) is 0.625. The van der Waals surface area contributed by atoms with Gasteiger partial charge in [0.2, 0.25) is 5.65 Å². The molecular weight excluding hydrogens is 358 g/mol. The van der Waals surface area contributed by atoms with E-state index in [0.29, 0.717) is 34.2 Å². The van der Waals surface area contributed by atoms with Gasteiger partial charge in [0.1, 0.15) is 23.8 Å². The number of fused-ring (bicyclic) bond motifs is 1. The molecule has 144 valence electrons. The molecule has 0 aliphatic carbocycles. The molecule has 0 bridgehead atoms. The largest absolute Gasteiger partial charge is 0.348 e. The fourth-order valence-electron chi connectivity index (χ4n) is 2.91. The molecule has 0 aromatic carbocycles. The highest BCUT2D eigenvalue weighted by molar-refractivity contribution is 5.82. The highest BCUT2D eigenvalue weighted by Gasteiger charge is 2.40. The summed E-state index contributed by atoms with van der Waals surface area (Å²) in [6.07, 6.45) is -0.207. The van der Waals surface area contributed by atoms with Crippen molar-refractivity contribution in [3.05, 3.63) is 17.2 Å². The number of hydrogen-bond donors (Lipinski definition) is 0.